The lowest BCUT2D eigenvalue weighted by Gasteiger charge is -2.01. The van der Waals surface area contributed by atoms with Crippen LogP contribution in [0, 0.1) is 11.3 Å². The fourth-order valence-corrected chi connectivity index (χ4v) is 0.568. The molecule has 0 aliphatic heterocycles. The van der Waals surface area contributed by atoms with Gasteiger partial charge in [0.1, 0.15) is 23.5 Å². The topological polar surface area (TPSA) is 105 Å². The van der Waals surface area contributed by atoms with E-state index in [1.165, 1.54) is 6.20 Å². The smallest absolute Gasteiger partial charge is 0.145 e. The third-order valence-electron chi connectivity index (χ3n) is 0.987. The van der Waals surface area contributed by atoms with E-state index in [0.717, 1.165) is 0 Å². The Labute approximate surface area is 61.5 Å². The summed E-state index contributed by atoms with van der Waals surface area (Å²) in [4.78, 5) is 9.96. The van der Waals surface area contributed by atoms with Gasteiger partial charge in [0.2, 0.25) is 0 Å². The first-order valence-corrected chi connectivity index (χ1v) is 2.65. The summed E-state index contributed by atoms with van der Waals surface area (Å²) in [5.41, 5.74) is 0.134. The lowest BCUT2D eigenvalue weighted by Crippen LogP contribution is -2.29. The van der Waals surface area contributed by atoms with Gasteiger partial charge >= 0.3 is 0 Å². The molecule has 0 spiro atoms. The Kier molecular flexibility index (Phi) is 1.74. The second-order valence-electron chi connectivity index (χ2n) is 1.68. The Hall–Kier alpha value is -2.03. The molecule has 0 unspecified atom stereocenters. The minimum Gasteiger partial charge on any atom is -0.530 e. The van der Waals surface area contributed by atoms with Crippen molar-refractivity contribution in [1.82, 2.24) is 10.2 Å². The number of aromatic nitrogens is 2. The quantitative estimate of drug-likeness (QED) is 0.539. The van der Waals surface area contributed by atoms with Crippen LogP contribution >= 0.6 is 0 Å². The number of nitrogens with one attached hydrogen (secondary N) is 2. The number of nitriles is 1. The fourth-order valence-electron chi connectivity index (χ4n) is 0.568. The lowest BCUT2D eigenvalue weighted by atomic mass is 10.4. The maximum absolute atomic E-state index is 9.96. The SMILES string of the molecule is N#Cc1cn[nH]c1NC(=O)[O-]. The molecule has 0 radical (unpaired) electrons. The third-order valence-corrected chi connectivity index (χ3v) is 0.987. The van der Waals surface area contributed by atoms with Crippen LogP contribution in [0.4, 0.5) is 10.6 Å². The molecule has 0 aromatic carbocycles. The molecule has 1 aromatic heterocycles. The first-order valence-electron chi connectivity index (χ1n) is 2.65. The van der Waals surface area contributed by atoms with Gasteiger partial charge in [-0.05, 0) is 0 Å². The number of amides is 1. The molecule has 0 fully saturated rings. The summed E-state index contributed by atoms with van der Waals surface area (Å²) in [6.07, 6.45) is -0.267. The van der Waals surface area contributed by atoms with E-state index in [0.29, 0.717) is 0 Å². The van der Waals surface area contributed by atoms with E-state index < -0.39 is 6.09 Å². The second-order valence-corrected chi connectivity index (χ2v) is 1.68. The Morgan fingerprint density at radius 3 is 3.18 bits per heavy atom. The third kappa shape index (κ3) is 1.46. The number of carbonyl (C=O) groups excluding carboxylic acids is 1. The van der Waals surface area contributed by atoms with Gasteiger partial charge in [0.25, 0.3) is 0 Å². The molecule has 0 saturated heterocycles. The average molecular weight is 151 g/mol. The van der Waals surface area contributed by atoms with Gasteiger partial charge in [0.05, 0.1) is 6.20 Å². The summed E-state index contributed by atoms with van der Waals surface area (Å²) in [6.45, 7) is 0. The van der Waals surface area contributed by atoms with Gasteiger partial charge in [0.15, 0.2) is 0 Å². The van der Waals surface area contributed by atoms with Crippen LogP contribution in [0.15, 0.2) is 6.20 Å². The summed E-state index contributed by atoms with van der Waals surface area (Å²) >= 11 is 0. The molecule has 11 heavy (non-hydrogen) atoms. The first kappa shape index (κ1) is 7.08. The van der Waals surface area contributed by atoms with Crippen molar-refractivity contribution in [3.05, 3.63) is 11.8 Å². The van der Waals surface area contributed by atoms with Gasteiger partial charge in [-0.3, -0.25) is 5.10 Å². The van der Waals surface area contributed by atoms with Gasteiger partial charge < -0.3 is 15.2 Å². The number of hydrogen-bond acceptors (Lipinski definition) is 4. The van der Waals surface area contributed by atoms with E-state index in [2.05, 4.69) is 10.2 Å². The zero-order valence-electron chi connectivity index (χ0n) is 5.29. The molecule has 6 heteroatoms. The second kappa shape index (κ2) is 2.70. The molecular weight excluding hydrogens is 148 g/mol. The van der Waals surface area contributed by atoms with Crippen molar-refractivity contribution in [3.8, 4) is 6.07 Å². The summed E-state index contributed by atoms with van der Waals surface area (Å²) in [5.74, 6) is 0.0347. The number of rotatable bonds is 1. The van der Waals surface area contributed by atoms with Gasteiger partial charge in [-0.1, -0.05) is 0 Å². The van der Waals surface area contributed by atoms with Gasteiger partial charge in [-0.2, -0.15) is 10.4 Å². The predicted molar refractivity (Wildman–Crippen MR) is 32.3 cm³/mol. The highest BCUT2D eigenvalue weighted by molar-refractivity contribution is 5.81. The molecule has 0 saturated carbocycles. The molecule has 6 nitrogen and oxygen atoms in total. The van der Waals surface area contributed by atoms with E-state index in [1.54, 1.807) is 6.07 Å². The summed E-state index contributed by atoms with van der Waals surface area (Å²) in [5, 5.41) is 25.9. The highest BCUT2D eigenvalue weighted by Crippen LogP contribution is 2.07. The number of anilines is 1. The summed E-state index contributed by atoms with van der Waals surface area (Å²) < 4.78 is 0. The van der Waals surface area contributed by atoms with Gasteiger partial charge in [-0.25, -0.2) is 0 Å². The van der Waals surface area contributed by atoms with Crippen LogP contribution in [0.25, 0.3) is 0 Å². The lowest BCUT2D eigenvalue weighted by molar-refractivity contribution is -0.242. The Morgan fingerprint density at radius 2 is 2.64 bits per heavy atom. The fraction of sp³-hybridized carbons (Fsp3) is 0. The average Bonchev–Trinajstić information content (AvgIpc) is 2.34. The van der Waals surface area contributed by atoms with Crippen LogP contribution < -0.4 is 10.4 Å². The van der Waals surface area contributed by atoms with Crippen molar-refractivity contribution in [2.45, 2.75) is 0 Å². The van der Waals surface area contributed by atoms with Crippen LogP contribution in [-0.2, 0) is 0 Å². The zero-order valence-corrected chi connectivity index (χ0v) is 5.29. The highest BCUT2D eigenvalue weighted by atomic mass is 16.4. The van der Waals surface area contributed by atoms with Gasteiger partial charge in [0, 0.05) is 0 Å². The first-order chi connectivity index (χ1) is 5.24. The maximum atomic E-state index is 9.96. The number of nitrogens with zero attached hydrogens (tertiary/aromatic N) is 2. The van der Waals surface area contributed by atoms with Crippen LogP contribution in [0.1, 0.15) is 5.56 Å². The number of carbonyl (C=O) groups is 1. The molecule has 0 atom stereocenters. The molecule has 1 rings (SSSR count). The monoisotopic (exact) mass is 151 g/mol. The van der Waals surface area contributed by atoms with Crippen molar-refractivity contribution in [2.75, 3.05) is 5.32 Å². The van der Waals surface area contributed by atoms with Crippen LogP contribution in [0.5, 0.6) is 0 Å². The maximum Gasteiger partial charge on any atom is 0.145 e. The molecule has 0 aliphatic carbocycles. The Morgan fingerprint density at radius 1 is 1.91 bits per heavy atom. The molecule has 0 aliphatic rings. The van der Waals surface area contributed by atoms with E-state index in [9.17, 15) is 9.90 Å². The van der Waals surface area contributed by atoms with Crippen molar-refractivity contribution < 1.29 is 9.90 Å². The van der Waals surface area contributed by atoms with Crippen LogP contribution in [0.3, 0.4) is 0 Å². The molecule has 2 N–H and O–H groups in total. The summed E-state index contributed by atoms with van der Waals surface area (Å²) in [6, 6.07) is 1.73. The van der Waals surface area contributed by atoms with E-state index in [1.807, 2.05) is 5.32 Å². The summed E-state index contributed by atoms with van der Waals surface area (Å²) in [7, 11) is 0. The largest absolute Gasteiger partial charge is 0.530 e. The standard InChI is InChI=1S/C5H4N4O2/c6-1-3-2-7-9-4(3)8-5(10)11/h2H,(H,10,11)(H2,7,8,9)/p-1. The zero-order chi connectivity index (χ0) is 8.27. The molecule has 0 bridgehead atoms. The van der Waals surface area contributed by atoms with Crippen molar-refractivity contribution in [2.24, 2.45) is 0 Å². The van der Waals surface area contributed by atoms with Crippen LogP contribution in [-0.4, -0.2) is 16.3 Å². The van der Waals surface area contributed by atoms with Crippen molar-refractivity contribution in [3.63, 3.8) is 0 Å². The molecule has 56 valence electrons. The molecule has 1 heterocycles. The van der Waals surface area contributed by atoms with E-state index >= 15 is 0 Å². The van der Waals surface area contributed by atoms with E-state index in [-0.39, 0.29) is 11.4 Å². The van der Waals surface area contributed by atoms with E-state index in [4.69, 9.17) is 5.26 Å². The van der Waals surface area contributed by atoms with Crippen molar-refractivity contribution >= 4 is 11.9 Å². The van der Waals surface area contributed by atoms with Crippen LogP contribution in [0.2, 0.25) is 0 Å². The molecule has 1 aromatic rings. The number of carboxylic acid groups (broad SMARTS) is 1. The Balaban J connectivity index is 2.87. The minimum atomic E-state index is -1.48. The van der Waals surface area contributed by atoms with Crippen molar-refractivity contribution in [1.29, 1.82) is 5.26 Å². The molecular formula is C5H3N4O2-. The number of hydrogen-bond donors (Lipinski definition) is 2. The minimum absolute atomic E-state index is 0.0347. The van der Waals surface area contributed by atoms with Gasteiger partial charge in [-0.15, -0.1) is 0 Å². The predicted octanol–water partition coefficient (Wildman–Crippen LogP) is -0.963. The number of aromatic amines is 1. The number of H-pyrrole nitrogens is 1. The highest BCUT2D eigenvalue weighted by Gasteiger charge is 2.01. The normalized spacial score (nSPS) is 8.64. The molecule has 1 amide bonds. The Bertz CT molecular complexity index is 311.